The van der Waals surface area contributed by atoms with Gasteiger partial charge in [0, 0.05) is 0 Å². The van der Waals surface area contributed by atoms with Crippen molar-refractivity contribution >= 4 is 35.4 Å². The molecule has 10 heteroatoms. The molecule has 1 aromatic carbocycles. The van der Waals surface area contributed by atoms with Crippen LogP contribution in [0.3, 0.4) is 0 Å². The van der Waals surface area contributed by atoms with Crippen molar-refractivity contribution in [3.05, 3.63) is 45.2 Å². The largest absolute Gasteiger partial charge is 0.339 e. The number of hydrogen-bond donors (Lipinski definition) is 0. The number of oxime groups is 1. The van der Waals surface area contributed by atoms with Gasteiger partial charge in [0.05, 0.1) is 17.7 Å². The lowest BCUT2D eigenvalue weighted by atomic mass is 10.1. The average Bonchev–Trinajstić information content (AvgIpc) is 3.06. The number of carbonyl (C=O) groups is 1. The Morgan fingerprint density at radius 1 is 1.04 bits per heavy atom. The second-order valence-corrected chi connectivity index (χ2v) is 6.92. The lowest BCUT2D eigenvalue weighted by Crippen LogP contribution is -2.09. The van der Waals surface area contributed by atoms with Gasteiger partial charge in [0.25, 0.3) is 0 Å². The molecule has 0 heterocycles. The maximum absolute atomic E-state index is 13.4. The van der Waals surface area contributed by atoms with Gasteiger partial charge in [-0.25, -0.2) is 26.7 Å². The van der Waals surface area contributed by atoms with Crippen molar-refractivity contribution < 1.29 is 31.6 Å². The Labute approximate surface area is 149 Å². The van der Waals surface area contributed by atoms with Gasteiger partial charge in [-0.15, -0.1) is 0 Å². The van der Waals surface area contributed by atoms with Crippen LogP contribution in [0, 0.1) is 46.3 Å². The van der Waals surface area contributed by atoms with E-state index in [1.54, 1.807) is 13.8 Å². The Kier molecular flexibility index (Phi) is 5.44. The number of allylic oxidation sites excluding steroid dienone is 1. The highest BCUT2D eigenvalue weighted by atomic mass is 35.5. The van der Waals surface area contributed by atoms with Gasteiger partial charge in [-0.3, -0.25) is 0 Å². The first-order chi connectivity index (χ1) is 11.5. The minimum Gasteiger partial charge on any atom is -0.318 e. The molecule has 1 aliphatic carbocycles. The Bertz CT molecular complexity index is 762. The summed E-state index contributed by atoms with van der Waals surface area (Å²) in [4.78, 5) is 16.4. The smallest absolute Gasteiger partial charge is 0.318 e. The topological polar surface area (TPSA) is 38.7 Å². The van der Waals surface area contributed by atoms with Crippen molar-refractivity contribution in [1.29, 1.82) is 0 Å². The molecule has 1 aliphatic rings. The summed E-state index contributed by atoms with van der Waals surface area (Å²) in [5, 5.41) is 3.02. The second-order valence-electron chi connectivity index (χ2n) is 5.91. The summed E-state index contributed by atoms with van der Waals surface area (Å²) in [6.07, 6.45) is 1.67. The van der Waals surface area contributed by atoms with Crippen LogP contribution in [0.5, 0.6) is 0 Å². The van der Waals surface area contributed by atoms with Crippen LogP contribution >= 0.6 is 23.2 Å². The Hall–Kier alpha value is -1.67. The van der Waals surface area contributed by atoms with Crippen LogP contribution in [0.15, 0.2) is 15.7 Å². The van der Waals surface area contributed by atoms with Crippen molar-refractivity contribution in [3.63, 3.8) is 0 Å². The highest BCUT2D eigenvalue weighted by molar-refractivity contribution is 6.55. The molecule has 136 valence electrons. The number of halogens is 7. The monoisotopic (exact) mass is 401 g/mol. The number of nitrogens with zero attached hydrogens (tertiary/aromatic N) is 1. The molecule has 2 atom stereocenters. The molecular formula is C15H10Cl2F5NO2. The van der Waals surface area contributed by atoms with E-state index in [1.807, 2.05) is 0 Å². The summed E-state index contributed by atoms with van der Waals surface area (Å²) in [6, 6.07) is 0. The highest BCUT2D eigenvalue weighted by Crippen LogP contribution is 2.60. The first-order valence-corrected chi connectivity index (χ1v) is 7.54. The third-order valence-corrected chi connectivity index (χ3v) is 4.29. The predicted octanol–water partition coefficient (Wildman–Crippen LogP) is 4.85. The van der Waals surface area contributed by atoms with Crippen LogP contribution in [0.25, 0.3) is 0 Å². The van der Waals surface area contributed by atoms with Crippen molar-refractivity contribution in [2.75, 3.05) is 0 Å². The van der Waals surface area contributed by atoms with E-state index >= 15 is 0 Å². The van der Waals surface area contributed by atoms with Gasteiger partial charge in [-0.05, 0) is 17.4 Å². The number of carbonyl (C=O) groups excluding carboxylic acids is 1. The summed E-state index contributed by atoms with van der Waals surface area (Å²) in [5.74, 6) is -12.6. The van der Waals surface area contributed by atoms with Gasteiger partial charge in [0.2, 0.25) is 5.82 Å². The van der Waals surface area contributed by atoms with Gasteiger partial charge in [0.15, 0.2) is 23.3 Å². The zero-order valence-corrected chi connectivity index (χ0v) is 14.2. The van der Waals surface area contributed by atoms with Crippen LogP contribution in [0.4, 0.5) is 22.0 Å². The molecule has 0 saturated heterocycles. The van der Waals surface area contributed by atoms with Crippen molar-refractivity contribution in [3.8, 4) is 0 Å². The minimum absolute atomic E-state index is 0.0433. The molecule has 1 saturated carbocycles. The van der Waals surface area contributed by atoms with Crippen molar-refractivity contribution in [2.24, 2.45) is 22.4 Å². The third kappa shape index (κ3) is 3.64. The highest BCUT2D eigenvalue weighted by Gasteiger charge is 2.62. The lowest BCUT2D eigenvalue weighted by molar-refractivity contribution is -0.146. The first kappa shape index (κ1) is 19.7. The van der Waals surface area contributed by atoms with Gasteiger partial charge >= 0.3 is 5.97 Å². The molecule has 0 aromatic heterocycles. The molecule has 0 aliphatic heterocycles. The summed E-state index contributed by atoms with van der Waals surface area (Å²) < 4.78 is 65.8. The van der Waals surface area contributed by atoms with Gasteiger partial charge in [-0.2, -0.15) is 0 Å². The Morgan fingerprint density at radius 2 is 1.52 bits per heavy atom. The summed E-state index contributed by atoms with van der Waals surface area (Å²) in [6.45, 7) is 3.45. The fourth-order valence-corrected chi connectivity index (χ4v) is 2.77. The van der Waals surface area contributed by atoms with Crippen LogP contribution in [0.1, 0.15) is 19.4 Å². The number of rotatable bonds is 4. The van der Waals surface area contributed by atoms with E-state index in [4.69, 9.17) is 23.2 Å². The van der Waals surface area contributed by atoms with Crippen LogP contribution in [0.2, 0.25) is 0 Å². The fraction of sp³-hybridized carbons (Fsp3) is 0.333. The molecular weight excluding hydrogens is 392 g/mol. The van der Waals surface area contributed by atoms with Crippen LogP contribution in [-0.4, -0.2) is 12.2 Å². The van der Waals surface area contributed by atoms with E-state index in [0.717, 1.165) is 0 Å². The third-order valence-electron chi connectivity index (χ3n) is 4.04. The maximum Gasteiger partial charge on any atom is 0.339 e. The van der Waals surface area contributed by atoms with Crippen molar-refractivity contribution in [1.82, 2.24) is 0 Å². The molecule has 0 unspecified atom stereocenters. The summed E-state index contributed by atoms with van der Waals surface area (Å²) in [5.41, 5.74) is -1.86. The van der Waals surface area contributed by atoms with Gasteiger partial charge in [0.1, 0.15) is 4.49 Å². The van der Waals surface area contributed by atoms with E-state index in [9.17, 15) is 26.7 Å². The first-order valence-electron chi connectivity index (χ1n) is 6.78. The van der Waals surface area contributed by atoms with Gasteiger partial charge in [-0.1, -0.05) is 42.2 Å². The van der Waals surface area contributed by atoms with Crippen LogP contribution in [-0.2, 0) is 9.63 Å². The summed E-state index contributed by atoms with van der Waals surface area (Å²) >= 11 is 11.1. The molecule has 0 N–H and O–H groups in total. The van der Waals surface area contributed by atoms with Crippen LogP contribution < -0.4 is 0 Å². The van der Waals surface area contributed by atoms with E-state index in [2.05, 4.69) is 9.99 Å². The van der Waals surface area contributed by atoms with E-state index in [-0.39, 0.29) is 16.6 Å². The molecule has 0 spiro atoms. The SMILES string of the molecule is CC1(C)[C@H](C(=O)O/N=C\c2c(F)c(F)c(F)c(F)c2F)[C@@H]1C=C(Cl)Cl. The van der Waals surface area contributed by atoms with E-state index in [0.29, 0.717) is 0 Å². The standard InChI is InChI=1S/C15H10Cl2F5NO2/c1-15(2)6(3-7(16)17)8(15)14(24)25-23-4-5-9(18)11(20)13(22)12(21)10(5)19/h3-4,6,8H,1-2H3/b23-4-/t6-,8-/m0/s1. The zero-order valence-electron chi connectivity index (χ0n) is 12.7. The fourth-order valence-electron chi connectivity index (χ4n) is 2.50. The summed E-state index contributed by atoms with van der Waals surface area (Å²) in [7, 11) is 0. The second kappa shape index (κ2) is 6.92. The predicted molar refractivity (Wildman–Crippen MR) is 80.5 cm³/mol. The molecule has 0 radical (unpaired) electrons. The molecule has 1 aromatic rings. The molecule has 25 heavy (non-hydrogen) atoms. The molecule has 0 amide bonds. The average molecular weight is 402 g/mol. The quantitative estimate of drug-likeness (QED) is 0.180. The Morgan fingerprint density at radius 3 is 2.00 bits per heavy atom. The molecule has 1 fully saturated rings. The molecule has 0 bridgehead atoms. The van der Waals surface area contributed by atoms with E-state index in [1.165, 1.54) is 6.08 Å². The lowest BCUT2D eigenvalue weighted by Gasteiger charge is -2.03. The van der Waals surface area contributed by atoms with Crippen molar-refractivity contribution in [2.45, 2.75) is 13.8 Å². The number of benzene rings is 1. The minimum atomic E-state index is -2.29. The van der Waals surface area contributed by atoms with E-state index < -0.39 is 52.0 Å². The number of hydrogen-bond acceptors (Lipinski definition) is 3. The maximum atomic E-state index is 13.4. The molecule has 3 nitrogen and oxygen atoms in total. The Balaban J connectivity index is 2.15. The molecule has 2 rings (SSSR count). The normalized spacial score (nSPS) is 21.3. The van der Waals surface area contributed by atoms with Gasteiger partial charge < -0.3 is 4.84 Å². The zero-order chi connectivity index (χ0) is 19.1.